The lowest BCUT2D eigenvalue weighted by Gasteiger charge is -2.15. The van der Waals surface area contributed by atoms with Gasteiger partial charge in [-0.3, -0.25) is 0 Å². The maximum Gasteiger partial charge on any atom is 0.144 e. The highest BCUT2D eigenvalue weighted by Crippen LogP contribution is 2.31. The lowest BCUT2D eigenvalue weighted by Crippen LogP contribution is -2.12. The Morgan fingerprint density at radius 2 is 2.38 bits per heavy atom. The molecule has 0 spiro atoms. The number of aromatic nitrogens is 2. The normalized spacial score (nSPS) is 10.4. The van der Waals surface area contributed by atoms with Crippen molar-refractivity contribution >= 4 is 38.1 Å². The molecule has 0 radical (unpaired) electrons. The predicted molar refractivity (Wildman–Crippen MR) is 70.0 cm³/mol. The first-order valence-electron chi connectivity index (χ1n) is 4.70. The van der Waals surface area contributed by atoms with Gasteiger partial charge < -0.3 is 10.6 Å². The van der Waals surface area contributed by atoms with Gasteiger partial charge in [-0.1, -0.05) is 0 Å². The molecule has 0 aromatic carbocycles. The summed E-state index contributed by atoms with van der Waals surface area (Å²) >= 11 is 5.09. The van der Waals surface area contributed by atoms with Crippen LogP contribution in [0.25, 0.3) is 0 Å². The van der Waals surface area contributed by atoms with E-state index in [0.29, 0.717) is 12.4 Å². The van der Waals surface area contributed by atoms with Crippen LogP contribution in [0.2, 0.25) is 0 Å². The van der Waals surface area contributed by atoms with Gasteiger partial charge in [-0.25, -0.2) is 9.97 Å². The van der Waals surface area contributed by atoms with Crippen molar-refractivity contribution in [1.82, 2.24) is 9.97 Å². The highest BCUT2D eigenvalue weighted by Gasteiger charge is 2.08. The molecule has 2 heterocycles. The number of thiophene rings is 1. The van der Waals surface area contributed by atoms with Crippen LogP contribution in [0.5, 0.6) is 0 Å². The summed E-state index contributed by atoms with van der Waals surface area (Å²) in [6.07, 6.45) is 1.73. The summed E-state index contributed by atoms with van der Waals surface area (Å²) in [7, 11) is 1.97. The van der Waals surface area contributed by atoms with E-state index in [-0.39, 0.29) is 0 Å². The highest BCUT2D eigenvalue weighted by atomic mass is 79.9. The Hall–Kier alpha value is -0.980. The zero-order valence-electron chi connectivity index (χ0n) is 8.72. The molecule has 0 fully saturated rings. The van der Waals surface area contributed by atoms with E-state index in [1.807, 2.05) is 23.4 Å². The number of anilines is 2. The fourth-order valence-corrected chi connectivity index (χ4v) is 2.66. The third-order valence-electron chi connectivity index (χ3n) is 2.10. The first kappa shape index (κ1) is 11.5. The quantitative estimate of drug-likeness (QED) is 0.946. The van der Waals surface area contributed by atoms with E-state index in [1.54, 1.807) is 17.5 Å². The third kappa shape index (κ3) is 2.40. The van der Waals surface area contributed by atoms with E-state index in [4.69, 9.17) is 5.73 Å². The van der Waals surface area contributed by atoms with Gasteiger partial charge in [-0.05, 0) is 28.1 Å². The molecule has 0 atom stereocenters. The number of nitrogens with two attached hydrogens (primary N) is 1. The summed E-state index contributed by atoms with van der Waals surface area (Å²) < 4.78 is 1.08. The van der Waals surface area contributed by atoms with Crippen LogP contribution in [-0.4, -0.2) is 17.0 Å². The van der Waals surface area contributed by atoms with Crippen LogP contribution in [-0.2, 0) is 6.54 Å². The molecular weight excluding hydrogens is 288 g/mol. The van der Waals surface area contributed by atoms with E-state index < -0.39 is 0 Å². The molecule has 0 aliphatic rings. The average Bonchev–Trinajstić information content (AvgIpc) is 2.75. The molecule has 2 N–H and O–H groups in total. The molecule has 84 valence electrons. The average molecular weight is 299 g/mol. The Balaban J connectivity index is 2.29. The van der Waals surface area contributed by atoms with Crippen molar-refractivity contribution in [3.8, 4) is 0 Å². The first-order valence-corrected chi connectivity index (χ1v) is 6.37. The van der Waals surface area contributed by atoms with Crippen LogP contribution >= 0.6 is 27.3 Å². The Morgan fingerprint density at radius 1 is 1.56 bits per heavy atom. The van der Waals surface area contributed by atoms with Crippen LogP contribution in [0.1, 0.15) is 5.82 Å². The molecule has 2 aromatic heterocycles. The maximum absolute atomic E-state index is 5.51. The molecule has 0 saturated heterocycles. The van der Waals surface area contributed by atoms with E-state index in [1.165, 1.54) is 0 Å². The largest absolute Gasteiger partial charge is 0.324 e. The molecule has 0 aliphatic heterocycles. The summed E-state index contributed by atoms with van der Waals surface area (Å²) in [6, 6.07) is 3.92. The van der Waals surface area contributed by atoms with Gasteiger partial charge in [0.15, 0.2) is 0 Å². The first-order chi connectivity index (χ1) is 7.70. The summed E-state index contributed by atoms with van der Waals surface area (Å²) in [5.41, 5.74) is 5.51. The Labute approximate surface area is 106 Å². The number of rotatable bonds is 3. The summed E-state index contributed by atoms with van der Waals surface area (Å²) in [6.45, 7) is 0.357. The zero-order valence-corrected chi connectivity index (χ0v) is 11.1. The smallest absolute Gasteiger partial charge is 0.144 e. The van der Waals surface area contributed by atoms with Gasteiger partial charge in [0.1, 0.15) is 11.6 Å². The minimum atomic E-state index is 0.357. The standard InChI is InChI=1S/C10H11BrN4S/c1-15(10-4-7(11)6-16-10)9-2-3-13-8(5-12)14-9/h2-4,6H,5,12H2,1H3. The summed E-state index contributed by atoms with van der Waals surface area (Å²) in [5.74, 6) is 1.50. The predicted octanol–water partition coefficient (Wildman–Crippen LogP) is 2.53. The Kier molecular flexibility index (Phi) is 3.52. The molecule has 0 aliphatic carbocycles. The molecule has 0 unspecified atom stereocenters. The number of hydrogen-bond donors (Lipinski definition) is 1. The SMILES string of the molecule is CN(c1ccnc(CN)n1)c1cc(Br)cs1. The van der Waals surface area contributed by atoms with Crippen molar-refractivity contribution in [2.45, 2.75) is 6.54 Å². The minimum Gasteiger partial charge on any atom is -0.324 e. The molecule has 4 nitrogen and oxygen atoms in total. The van der Waals surface area contributed by atoms with E-state index >= 15 is 0 Å². The van der Waals surface area contributed by atoms with Gasteiger partial charge in [-0.2, -0.15) is 0 Å². The van der Waals surface area contributed by atoms with Crippen molar-refractivity contribution in [1.29, 1.82) is 0 Å². The number of nitrogens with zero attached hydrogens (tertiary/aromatic N) is 3. The van der Waals surface area contributed by atoms with Crippen molar-refractivity contribution in [2.24, 2.45) is 5.73 Å². The second-order valence-electron chi connectivity index (χ2n) is 3.20. The molecule has 0 saturated carbocycles. The topological polar surface area (TPSA) is 55.0 Å². The van der Waals surface area contributed by atoms with Gasteiger partial charge in [0.05, 0.1) is 11.5 Å². The molecular formula is C10H11BrN4S. The Morgan fingerprint density at radius 3 is 3.00 bits per heavy atom. The fourth-order valence-electron chi connectivity index (χ4n) is 1.26. The fraction of sp³-hybridized carbons (Fsp3) is 0.200. The van der Waals surface area contributed by atoms with Crippen molar-refractivity contribution in [3.63, 3.8) is 0 Å². The number of hydrogen-bond acceptors (Lipinski definition) is 5. The minimum absolute atomic E-state index is 0.357. The van der Waals surface area contributed by atoms with Crippen LogP contribution in [0.4, 0.5) is 10.8 Å². The lowest BCUT2D eigenvalue weighted by atomic mass is 10.4. The summed E-state index contributed by atoms with van der Waals surface area (Å²) in [5, 5.41) is 3.16. The molecule has 6 heteroatoms. The zero-order chi connectivity index (χ0) is 11.5. The number of halogens is 1. The van der Waals surface area contributed by atoms with Crippen LogP contribution in [0.15, 0.2) is 28.2 Å². The third-order valence-corrected chi connectivity index (χ3v) is 3.87. The van der Waals surface area contributed by atoms with Gasteiger partial charge in [0.2, 0.25) is 0 Å². The van der Waals surface area contributed by atoms with Crippen molar-refractivity contribution in [2.75, 3.05) is 11.9 Å². The van der Waals surface area contributed by atoms with Gasteiger partial charge in [0.25, 0.3) is 0 Å². The van der Waals surface area contributed by atoms with Gasteiger partial charge >= 0.3 is 0 Å². The van der Waals surface area contributed by atoms with E-state index in [9.17, 15) is 0 Å². The monoisotopic (exact) mass is 298 g/mol. The van der Waals surface area contributed by atoms with E-state index in [0.717, 1.165) is 15.3 Å². The van der Waals surface area contributed by atoms with Crippen LogP contribution in [0.3, 0.4) is 0 Å². The van der Waals surface area contributed by atoms with E-state index in [2.05, 4.69) is 32.0 Å². The molecule has 0 bridgehead atoms. The Bertz CT molecular complexity index is 485. The summed E-state index contributed by atoms with van der Waals surface area (Å²) in [4.78, 5) is 10.4. The van der Waals surface area contributed by atoms with Crippen molar-refractivity contribution in [3.05, 3.63) is 34.0 Å². The highest BCUT2D eigenvalue weighted by molar-refractivity contribution is 9.10. The molecule has 2 rings (SSSR count). The lowest BCUT2D eigenvalue weighted by molar-refractivity contribution is 0.900. The molecule has 0 amide bonds. The van der Waals surface area contributed by atoms with Gasteiger partial charge in [-0.15, -0.1) is 11.3 Å². The maximum atomic E-state index is 5.51. The van der Waals surface area contributed by atoms with Crippen LogP contribution < -0.4 is 10.6 Å². The van der Waals surface area contributed by atoms with Crippen LogP contribution in [0, 0.1) is 0 Å². The molecule has 16 heavy (non-hydrogen) atoms. The second kappa shape index (κ2) is 4.90. The van der Waals surface area contributed by atoms with Crippen molar-refractivity contribution < 1.29 is 0 Å². The second-order valence-corrected chi connectivity index (χ2v) is 5.00. The molecule has 2 aromatic rings. The van der Waals surface area contributed by atoms with Gasteiger partial charge in [0, 0.05) is 23.1 Å².